The predicted molar refractivity (Wildman–Crippen MR) is 134 cm³/mol. The van der Waals surface area contributed by atoms with Gasteiger partial charge in [0.25, 0.3) is 0 Å². The van der Waals surface area contributed by atoms with E-state index in [4.69, 9.17) is 9.47 Å². The largest absolute Gasteiger partial charge is 0.445 e. The van der Waals surface area contributed by atoms with Gasteiger partial charge < -0.3 is 25.0 Å². The van der Waals surface area contributed by atoms with Crippen molar-refractivity contribution < 1.29 is 28.2 Å². The molecule has 3 atom stereocenters. The molecular weight excluding hydrogens is 465 g/mol. The molecule has 1 saturated heterocycles. The van der Waals surface area contributed by atoms with Crippen molar-refractivity contribution in [1.29, 1.82) is 0 Å². The Bertz CT molecular complexity index is 883. The summed E-state index contributed by atoms with van der Waals surface area (Å²) in [4.78, 5) is 39.6. The number of hydrogen-bond donors (Lipinski definition) is 2. The summed E-state index contributed by atoms with van der Waals surface area (Å²) in [6.07, 6.45) is 1.26. The van der Waals surface area contributed by atoms with E-state index in [1.165, 1.54) is 4.90 Å². The van der Waals surface area contributed by atoms with Gasteiger partial charge in [-0.05, 0) is 70.3 Å². The summed E-state index contributed by atoms with van der Waals surface area (Å²) in [5, 5.41) is 5.71. The second-order valence-electron chi connectivity index (χ2n) is 11.0. The lowest BCUT2D eigenvalue weighted by molar-refractivity contribution is -0.134. The van der Waals surface area contributed by atoms with Crippen molar-refractivity contribution >= 4 is 18.1 Å². The van der Waals surface area contributed by atoms with Gasteiger partial charge >= 0.3 is 12.2 Å². The van der Waals surface area contributed by atoms with E-state index >= 15 is 0 Å². The number of alkyl halides is 1. The molecule has 36 heavy (non-hydrogen) atoms. The van der Waals surface area contributed by atoms with Crippen molar-refractivity contribution in [1.82, 2.24) is 15.5 Å². The lowest BCUT2D eigenvalue weighted by atomic mass is 9.75. The highest BCUT2D eigenvalue weighted by Gasteiger charge is 2.39. The molecule has 3 amide bonds. The van der Waals surface area contributed by atoms with Crippen LogP contribution in [-0.4, -0.2) is 59.9 Å². The number of rotatable bonds is 7. The molecule has 1 aliphatic heterocycles. The molecule has 2 fully saturated rings. The number of carbonyl (C=O) groups is 3. The fourth-order valence-electron chi connectivity index (χ4n) is 4.96. The van der Waals surface area contributed by atoms with Gasteiger partial charge in [-0.1, -0.05) is 37.3 Å². The molecule has 0 bridgehead atoms. The van der Waals surface area contributed by atoms with Crippen molar-refractivity contribution in [3.63, 3.8) is 0 Å². The standard InChI is InChI=1S/C27H40FN3O5/c1-18(23(30-26(34)36-27(2,3)4)24(32)31-15-14-21(28)16-31)20-10-12-22(13-11-20)29-25(33)35-17-19-8-6-5-7-9-19/h5-9,18,20-23H,10-17H2,1-4H3,(H,29,33)(H,30,34). The Kier molecular flexibility index (Phi) is 9.56. The molecule has 3 unspecified atom stereocenters. The molecular formula is C27H40FN3O5. The van der Waals surface area contributed by atoms with E-state index in [-0.39, 0.29) is 36.9 Å². The average molecular weight is 506 g/mol. The molecule has 2 N–H and O–H groups in total. The summed E-state index contributed by atoms with van der Waals surface area (Å²) in [6.45, 7) is 7.87. The number of nitrogens with zero attached hydrogens (tertiary/aromatic N) is 1. The molecule has 1 aromatic rings. The van der Waals surface area contributed by atoms with Crippen molar-refractivity contribution in [2.75, 3.05) is 13.1 Å². The quantitative estimate of drug-likeness (QED) is 0.566. The van der Waals surface area contributed by atoms with Gasteiger partial charge in [0.2, 0.25) is 5.91 Å². The van der Waals surface area contributed by atoms with Gasteiger partial charge in [0, 0.05) is 12.6 Å². The zero-order valence-corrected chi connectivity index (χ0v) is 21.8. The van der Waals surface area contributed by atoms with Gasteiger partial charge in [0.1, 0.15) is 24.4 Å². The molecule has 1 aromatic carbocycles. The third-order valence-electron chi connectivity index (χ3n) is 6.96. The molecule has 1 saturated carbocycles. The molecule has 9 heteroatoms. The van der Waals surface area contributed by atoms with Crippen molar-refractivity contribution in [2.24, 2.45) is 11.8 Å². The Labute approximate surface area is 213 Å². The highest BCUT2D eigenvalue weighted by molar-refractivity contribution is 5.86. The summed E-state index contributed by atoms with van der Waals surface area (Å²) in [6, 6.07) is 8.71. The van der Waals surface area contributed by atoms with Gasteiger partial charge in [-0.15, -0.1) is 0 Å². The van der Waals surface area contributed by atoms with Gasteiger partial charge in [0.15, 0.2) is 0 Å². The number of likely N-dealkylation sites (tertiary alicyclic amines) is 1. The molecule has 1 aliphatic carbocycles. The Morgan fingerprint density at radius 2 is 1.72 bits per heavy atom. The number of carbonyl (C=O) groups excluding carboxylic acids is 3. The summed E-state index contributed by atoms with van der Waals surface area (Å²) >= 11 is 0. The Morgan fingerprint density at radius 1 is 1.06 bits per heavy atom. The third-order valence-corrected chi connectivity index (χ3v) is 6.96. The van der Waals surface area contributed by atoms with Crippen molar-refractivity contribution in [2.45, 2.75) is 90.3 Å². The molecule has 0 aromatic heterocycles. The van der Waals surface area contributed by atoms with E-state index in [1.54, 1.807) is 20.8 Å². The van der Waals surface area contributed by atoms with E-state index in [9.17, 15) is 18.8 Å². The molecule has 1 heterocycles. The van der Waals surface area contributed by atoms with Gasteiger partial charge in [-0.3, -0.25) is 4.79 Å². The molecule has 200 valence electrons. The van der Waals surface area contributed by atoms with Crippen LogP contribution in [0.4, 0.5) is 14.0 Å². The predicted octanol–water partition coefficient (Wildman–Crippen LogP) is 4.57. The summed E-state index contributed by atoms with van der Waals surface area (Å²) < 4.78 is 24.5. The van der Waals surface area contributed by atoms with Crippen LogP contribution in [0.3, 0.4) is 0 Å². The number of halogens is 1. The molecule has 2 aliphatic rings. The fraction of sp³-hybridized carbons (Fsp3) is 0.667. The third kappa shape index (κ3) is 8.38. The Hall–Kier alpha value is -2.84. The molecule has 3 rings (SSSR count). The zero-order chi connectivity index (χ0) is 26.3. The second-order valence-corrected chi connectivity index (χ2v) is 11.0. The topological polar surface area (TPSA) is 97.0 Å². The number of nitrogens with one attached hydrogen (secondary N) is 2. The number of hydrogen-bond acceptors (Lipinski definition) is 5. The number of ether oxygens (including phenoxy) is 2. The Balaban J connectivity index is 1.54. The first-order chi connectivity index (χ1) is 17.0. The normalized spacial score (nSPS) is 23.9. The fourth-order valence-corrected chi connectivity index (χ4v) is 4.96. The maximum absolute atomic E-state index is 13.8. The van der Waals surface area contributed by atoms with E-state index < -0.39 is 30.0 Å². The van der Waals surface area contributed by atoms with Crippen LogP contribution in [0.15, 0.2) is 30.3 Å². The van der Waals surface area contributed by atoms with E-state index in [0.29, 0.717) is 13.0 Å². The van der Waals surface area contributed by atoms with Crippen LogP contribution >= 0.6 is 0 Å². The van der Waals surface area contributed by atoms with Crippen molar-refractivity contribution in [3.05, 3.63) is 35.9 Å². The van der Waals surface area contributed by atoms with Crippen LogP contribution < -0.4 is 10.6 Å². The highest BCUT2D eigenvalue weighted by Crippen LogP contribution is 2.33. The molecule has 0 spiro atoms. The first-order valence-electron chi connectivity index (χ1n) is 12.9. The van der Waals surface area contributed by atoms with E-state index in [2.05, 4.69) is 10.6 Å². The highest BCUT2D eigenvalue weighted by atomic mass is 19.1. The minimum Gasteiger partial charge on any atom is -0.445 e. The van der Waals surface area contributed by atoms with Crippen LogP contribution in [0.25, 0.3) is 0 Å². The van der Waals surface area contributed by atoms with Crippen LogP contribution in [0.5, 0.6) is 0 Å². The number of benzene rings is 1. The number of amides is 3. The summed E-state index contributed by atoms with van der Waals surface area (Å²) in [7, 11) is 0. The molecule has 8 nitrogen and oxygen atoms in total. The van der Waals surface area contributed by atoms with Crippen LogP contribution in [0, 0.1) is 11.8 Å². The first-order valence-corrected chi connectivity index (χ1v) is 12.9. The number of alkyl carbamates (subject to hydrolysis) is 2. The minimum absolute atomic E-state index is 0.00410. The van der Waals surface area contributed by atoms with Crippen LogP contribution in [-0.2, 0) is 20.9 Å². The SMILES string of the molecule is CC(C1CCC(NC(=O)OCc2ccccc2)CC1)C(NC(=O)OC(C)(C)C)C(=O)N1CCC(F)C1. The second kappa shape index (κ2) is 12.4. The maximum atomic E-state index is 13.8. The zero-order valence-electron chi connectivity index (χ0n) is 21.8. The van der Waals surface area contributed by atoms with Crippen LogP contribution in [0.1, 0.15) is 65.4 Å². The summed E-state index contributed by atoms with van der Waals surface area (Å²) in [5.74, 6) is -0.274. The monoisotopic (exact) mass is 505 g/mol. The summed E-state index contributed by atoms with van der Waals surface area (Å²) in [5.41, 5.74) is 0.229. The minimum atomic E-state index is -1.03. The average Bonchev–Trinajstić information content (AvgIpc) is 3.27. The Morgan fingerprint density at radius 3 is 2.31 bits per heavy atom. The van der Waals surface area contributed by atoms with E-state index in [0.717, 1.165) is 31.2 Å². The lowest BCUT2D eigenvalue weighted by Gasteiger charge is -2.37. The molecule has 0 radical (unpaired) electrons. The van der Waals surface area contributed by atoms with E-state index in [1.807, 2.05) is 37.3 Å². The smallest absolute Gasteiger partial charge is 0.408 e. The van der Waals surface area contributed by atoms with Gasteiger partial charge in [-0.2, -0.15) is 0 Å². The van der Waals surface area contributed by atoms with Gasteiger partial charge in [-0.25, -0.2) is 14.0 Å². The van der Waals surface area contributed by atoms with Crippen LogP contribution in [0.2, 0.25) is 0 Å². The lowest BCUT2D eigenvalue weighted by Crippen LogP contribution is -2.54. The van der Waals surface area contributed by atoms with Crippen molar-refractivity contribution in [3.8, 4) is 0 Å². The maximum Gasteiger partial charge on any atom is 0.408 e. The first kappa shape index (κ1) is 27.7. The van der Waals surface area contributed by atoms with Gasteiger partial charge in [0.05, 0.1) is 6.54 Å².